The molecule has 2 bridgehead atoms. The molecule has 1 aliphatic heterocycles. The van der Waals surface area contributed by atoms with Crippen molar-refractivity contribution in [3.63, 3.8) is 0 Å². The van der Waals surface area contributed by atoms with Crippen LogP contribution in [0.25, 0.3) is 0 Å². The Kier molecular flexibility index (Phi) is 10.9. The molecule has 3 aliphatic rings. The van der Waals surface area contributed by atoms with E-state index in [-0.39, 0.29) is 62.4 Å². The van der Waals surface area contributed by atoms with Gasteiger partial charge in [-0.3, -0.25) is 0 Å². The van der Waals surface area contributed by atoms with Crippen molar-refractivity contribution in [3.05, 3.63) is 91.8 Å². The van der Waals surface area contributed by atoms with Crippen LogP contribution in [0.3, 0.4) is 0 Å². The molecule has 0 amide bonds. The number of carbonyl (C=O) groups is 3. The molecular formula is C42H56IO4-. The van der Waals surface area contributed by atoms with E-state index in [1.54, 1.807) is 0 Å². The van der Waals surface area contributed by atoms with Gasteiger partial charge in [0, 0.05) is 0 Å². The molecule has 1 aromatic rings. The Morgan fingerprint density at radius 1 is 0.915 bits per heavy atom. The molecule has 47 heavy (non-hydrogen) atoms. The van der Waals surface area contributed by atoms with Crippen LogP contribution in [-0.4, -0.2) is 27.9 Å². The van der Waals surface area contributed by atoms with Crippen LogP contribution in [0.5, 0.6) is 0 Å². The number of hydrogen-bond donors (Lipinski definition) is 0. The van der Waals surface area contributed by atoms with E-state index < -0.39 is 21.8 Å². The summed E-state index contributed by atoms with van der Waals surface area (Å²) in [6, 6.07) is 5.85. The van der Waals surface area contributed by atoms with E-state index in [2.05, 4.69) is 65.2 Å². The molecule has 1 saturated heterocycles. The standard InChI is InChI=1S/C42H56IO4/c1-13-14-29-23-30(17-20-33(29)43-12)35(44)34-36(45)42(22-21-28(6)7)38(46)41(24-31(39(42,8)9)18-15-26(2)3)25-32(19-16-27(4)5)40(10,11)47-37(34)41/h13,15-17,20-21,23,31-32H,1,14,18-19,22,24-25H2,2-12H3/q-1/t31-,32+,41+,42+/m1/s1. The molecular weight excluding hydrogens is 695 g/mol. The number of ketones is 3. The molecule has 4 nitrogen and oxygen atoms in total. The molecule has 0 radical (unpaired) electrons. The normalized spacial score (nSPS) is 27.4. The zero-order valence-electron chi connectivity index (χ0n) is 30.7. The molecule has 4 rings (SSSR count). The third kappa shape index (κ3) is 6.47. The average Bonchev–Trinajstić information content (AvgIpc) is 2.98. The summed E-state index contributed by atoms with van der Waals surface area (Å²) in [7, 11) is 0. The van der Waals surface area contributed by atoms with E-state index >= 15 is 9.59 Å². The number of alkyl halides is 1. The fraction of sp³-hybridized carbons (Fsp3) is 0.548. The molecule has 1 spiro atoms. The molecule has 1 heterocycles. The molecule has 2 fully saturated rings. The van der Waals surface area contributed by atoms with Crippen LogP contribution >= 0.6 is 0 Å². The van der Waals surface area contributed by atoms with Gasteiger partial charge in [-0.15, -0.1) is 0 Å². The Labute approximate surface area is 294 Å². The monoisotopic (exact) mass is 751 g/mol. The van der Waals surface area contributed by atoms with Gasteiger partial charge in [-0.25, -0.2) is 0 Å². The van der Waals surface area contributed by atoms with Crippen molar-refractivity contribution >= 4 is 17.3 Å². The summed E-state index contributed by atoms with van der Waals surface area (Å²) in [6.07, 6.45) is 12.0. The van der Waals surface area contributed by atoms with Crippen molar-refractivity contribution in [2.75, 3.05) is 4.93 Å². The van der Waals surface area contributed by atoms with E-state index in [0.717, 1.165) is 24.0 Å². The van der Waals surface area contributed by atoms with E-state index in [9.17, 15) is 4.79 Å². The summed E-state index contributed by atoms with van der Waals surface area (Å²) in [5.74, 6) is -0.331. The first kappa shape index (κ1) is 37.3. The van der Waals surface area contributed by atoms with Gasteiger partial charge in [0.25, 0.3) is 0 Å². The minimum atomic E-state index is -1.39. The third-order valence-corrected chi connectivity index (χ3v) is 13.5. The summed E-state index contributed by atoms with van der Waals surface area (Å²) in [6.45, 7) is 24.6. The molecule has 256 valence electrons. The number of ether oxygens (including phenoxy) is 1. The van der Waals surface area contributed by atoms with Gasteiger partial charge >= 0.3 is 257 Å². The summed E-state index contributed by atoms with van der Waals surface area (Å²) >= 11 is -0.208. The maximum atomic E-state index is 15.5. The Hall–Kier alpha value is -2.54. The van der Waals surface area contributed by atoms with Crippen LogP contribution in [-0.2, 0) is 20.7 Å². The number of benzene rings is 1. The number of allylic oxidation sites excluding steroid dienone is 9. The summed E-state index contributed by atoms with van der Waals surface area (Å²) in [5, 5.41) is 0. The molecule has 1 saturated carbocycles. The molecule has 0 aromatic heterocycles. The minimum absolute atomic E-state index is 0.0353. The molecule has 4 atom stereocenters. The second kappa shape index (κ2) is 13.8. The predicted molar refractivity (Wildman–Crippen MR) is 189 cm³/mol. The van der Waals surface area contributed by atoms with Gasteiger partial charge in [-0.1, -0.05) is 11.1 Å². The van der Waals surface area contributed by atoms with Crippen LogP contribution in [0.1, 0.15) is 117 Å². The molecule has 0 unspecified atom stereocenters. The average molecular weight is 752 g/mol. The first-order chi connectivity index (χ1) is 21.9. The van der Waals surface area contributed by atoms with Crippen LogP contribution in [0.4, 0.5) is 0 Å². The Morgan fingerprint density at radius 3 is 2.04 bits per heavy atom. The van der Waals surface area contributed by atoms with E-state index in [0.29, 0.717) is 30.6 Å². The zero-order valence-corrected chi connectivity index (χ0v) is 32.8. The zero-order chi connectivity index (χ0) is 35.1. The summed E-state index contributed by atoms with van der Waals surface area (Å²) in [4.78, 5) is 48.1. The quantitative estimate of drug-likeness (QED) is 0.0624. The van der Waals surface area contributed by atoms with E-state index in [4.69, 9.17) is 4.74 Å². The number of hydrogen-bond acceptors (Lipinski definition) is 4. The van der Waals surface area contributed by atoms with Gasteiger partial charge < -0.3 is 0 Å². The van der Waals surface area contributed by atoms with Crippen molar-refractivity contribution in [3.8, 4) is 0 Å². The van der Waals surface area contributed by atoms with Crippen molar-refractivity contribution in [1.82, 2.24) is 0 Å². The van der Waals surface area contributed by atoms with Crippen LogP contribution in [0.2, 0.25) is 0 Å². The first-order valence-corrected chi connectivity index (χ1v) is 20.3. The number of rotatable bonds is 11. The van der Waals surface area contributed by atoms with Crippen LogP contribution in [0.15, 0.2) is 77.1 Å². The molecule has 0 N–H and O–H groups in total. The van der Waals surface area contributed by atoms with Crippen molar-refractivity contribution in [2.24, 2.45) is 28.1 Å². The van der Waals surface area contributed by atoms with Gasteiger partial charge in [-0.2, -0.15) is 0 Å². The van der Waals surface area contributed by atoms with Crippen LogP contribution < -0.4 is 21.2 Å². The van der Waals surface area contributed by atoms with Crippen LogP contribution in [0, 0.1) is 31.7 Å². The number of halogens is 1. The van der Waals surface area contributed by atoms with E-state index in [1.807, 2.05) is 58.0 Å². The van der Waals surface area contributed by atoms with E-state index in [1.165, 1.54) is 14.7 Å². The van der Waals surface area contributed by atoms with Gasteiger partial charge in [-0.05, 0) is 27.7 Å². The second-order valence-electron chi connectivity index (χ2n) is 15.9. The summed E-state index contributed by atoms with van der Waals surface area (Å²) < 4.78 is 8.24. The number of carbonyl (C=O) groups excluding carboxylic acids is 3. The second-order valence-corrected chi connectivity index (χ2v) is 18.2. The summed E-state index contributed by atoms with van der Waals surface area (Å²) in [5.41, 5.74) is 1.32. The number of Topliss-reactive ketones (excluding diaryl/α,β-unsaturated/α-hetero) is 3. The van der Waals surface area contributed by atoms with Gasteiger partial charge in [0.05, 0.1) is 0 Å². The fourth-order valence-corrected chi connectivity index (χ4v) is 9.87. The molecule has 2 aliphatic carbocycles. The van der Waals surface area contributed by atoms with Crippen molar-refractivity contribution < 1.29 is 40.3 Å². The Balaban J connectivity index is 2.09. The van der Waals surface area contributed by atoms with Gasteiger partial charge in [0.1, 0.15) is 0 Å². The fourth-order valence-electron chi connectivity index (χ4n) is 8.27. The van der Waals surface area contributed by atoms with Crippen molar-refractivity contribution in [1.29, 1.82) is 0 Å². The molecule has 5 heteroatoms. The Morgan fingerprint density at radius 2 is 1.49 bits per heavy atom. The Bertz CT molecular complexity index is 1580. The maximum absolute atomic E-state index is 15.5. The van der Waals surface area contributed by atoms with Gasteiger partial charge in [0.15, 0.2) is 0 Å². The molecule has 1 aromatic carbocycles. The SMILES string of the molecule is C=CCc1cc(C(=O)C2=C3OC(C)(C)[C@@H](CC=C(C)C)C[C@@]34C[C@@H](CC=C(C)C)C(C)(C)[C@@](CC=C(C)C)(C2=O)C4=O)ccc1[I-]C. The predicted octanol–water partition coefficient (Wildman–Crippen LogP) is 6.80. The number of fused-ring (bicyclic) bond motifs is 1. The first-order valence-electron chi connectivity index (χ1n) is 17.1. The van der Waals surface area contributed by atoms with Gasteiger partial charge in [0.2, 0.25) is 0 Å². The topological polar surface area (TPSA) is 60.4 Å². The third-order valence-electron chi connectivity index (χ3n) is 11.3. The van der Waals surface area contributed by atoms with Crippen molar-refractivity contribution in [2.45, 2.75) is 113 Å².